The van der Waals surface area contributed by atoms with Gasteiger partial charge in [-0.25, -0.2) is 4.39 Å². The van der Waals surface area contributed by atoms with Gasteiger partial charge in [-0.3, -0.25) is 0 Å². The first-order chi connectivity index (χ1) is 9.52. The summed E-state index contributed by atoms with van der Waals surface area (Å²) < 4.78 is 18.7. The summed E-state index contributed by atoms with van der Waals surface area (Å²) in [5.41, 5.74) is 2.58. The molecular weight excluding hydrogens is 298 g/mol. The average Bonchev–Trinajstić information content (AvgIpc) is 2.40. The number of ether oxygens (including phenoxy) is 1. The highest BCUT2D eigenvalue weighted by atomic mass is 35.5. The number of hydrogen-bond acceptors (Lipinski definition) is 1. The number of hydrogen-bond donors (Lipinski definition) is 0. The van der Waals surface area contributed by atoms with E-state index in [1.807, 2.05) is 32.0 Å². The van der Waals surface area contributed by atoms with Crippen LogP contribution in [0.15, 0.2) is 36.4 Å². The van der Waals surface area contributed by atoms with Crippen molar-refractivity contribution in [2.45, 2.75) is 19.2 Å². The smallest absolute Gasteiger partial charge is 0.124 e. The Bertz CT molecular complexity index is 613. The van der Waals surface area contributed by atoms with E-state index in [2.05, 4.69) is 0 Å². The maximum Gasteiger partial charge on any atom is 0.124 e. The highest BCUT2D eigenvalue weighted by Gasteiger charge is 2.19. The van der Waals surface area contributed by atoms with E-state index in [0.717, 1.165) is 16.9 Å². The van der Waals surface area contributed by atoms with Gasteiger partial charge in [0, 0.05) is 10.6 Å². The van der Waals surface area contributed by atoms with E-state index in [1.54, 1.807) is 6.07 Å². The maximum atomic E-state index is 13.1. The number of alkyl halides is 1. The monoisotopic (exact) mass is 312 g/mol. The second-order valence-corrected chi connectivity index (χ2v) is 5.35. The Labute approximate surface area is 128 Å². The first-order valence-corrected chi connectivity index (χ1v) is 7.16. The van der Waals surface area contributed by atoms with Gasteiger partial charge in [-0.15, -0.1) is 11.6 Å². The summed E-state index contributed by atoms with van der Waals surface area (Å²) in [6, 6.07) is 10.0. The molecule has 0 spiro atoms. The van der Waals surface area contributed by atoms with Crippen LogP contribution >= 0.6 is 23.2 Å². The molecule has 2 rings (SSSR count). The van der Waals surface area contributed by atoms with E-state index in [1.165, 1.54) is 12.1 Å². The van der Waals surface area contributed by atoms with Crippen LogP contribution in [0.2, 0.25) is 5.02 Å². The fraction of sp³-hybridized carbons (Fsp3) is 0.250. The van der Waals surface area contributed by atoms with Crippen LogP contribution in [-0.4, -0.2) is 6.61 Å². The molecule has 0 aliphatic heterocycles. The van der Waals surface area contributed by atoms with Crippen molar-refractivity contribution in [2.24, 2.45) is 0 Å². The summed E-state index contributed by atoms with van der Waals surface area (Å²) in [4.78, 5) is 0. The van der Waals surface area contributed by atoms with Gasteiger partial charge in [0.05, 0.1) is 12.0 Å². The Hall–Kier alpha value is -1.25. The Morgan fingerprint density at radius 2 is 1.90 bits per heavy atom. The molecule has 106 valence electrons. The quantitative estimate of drug-likeness (QED) is 0.676. The van der Waals surface area contributed by atoms with Crippen LogP contribution in [0.1, 0.15) is 29.0 Å². The molecule has 0 heterocycles. The largest absolute Gasteiger partial charge is 0.494 e. The molecule has 0 amide bonds. The van der Waals surface area contributed by atoms with E-state index in [4.69, 9.17) is 27.9 Å². The zero-order chi connectivity index (χ0) is 14.7. The SMILES string of the molecule is CCOc1ccc(C)cc1C(Cl)c1ccc(F)cc1Cl. The van der Waals surface area contributed by atoms with Gasteiger partial charge < -0.3 is 4.74 Å². The molecule has 1 atom stereocenters. The lowest BCUT2D eigenvalue weighted by Gasteiger charge is -2.17. The molecule has 0 aliphatic rings. The van der Waals surface area contributed by atoms with Crippen molar-refractivity contribution >= 4 is 23.2 Å². The minimum atomic E-state index is -0.482. The Kier molecular flexibility index (Phi) is 4.90. The first kappa shape index (κ1) is 15.1. The zero-order valence-electron chi connectivity index (χ0n) is 11.3. The molecule has 2 aromatic rings. The molecule has 1 nitrogen and oxygen atoms in total. The predicted octanol–water partition coefficient (Wildman–Crippen LogP) is 5.51. The lowest BCUT2D eigenvalue weighted by molar-refractivity contribution is 0.337. The molecule has 0 saturated heterocycles. The summed E-state index contributed by atoms with van der Waals surface area (Å²) >= 11 is 12.6. The number of rotatable bonds is 4. The highest BCUT2D eigenvalue weighted by Crippen LogP contribution is 2.38. The Morgan fingerprint density at radius 3 is 2.55 bits per heavy atom. The third kappa shape index (κ3) is 3.25. The van der Waals surface area contributed by atoms with Crippen molar-refractivity contribution < 1.29 is 9.13 Å². The standard InChI is InChI=1S/C16H15Cl2FO/c1-3-20-15-7-4-10(2)8-13(15)16(18)12-6-5-11(19)9-14(12)17/h4-9,16H,3H2,1-2H3. The normalized spacial score (nSPS) is 12.2. The van der Waals surface area contributed by atoms with Crippen LogP contribution in [0, 0.1) is 12.7 Å². The second-order valence-electron chi connectivity index (χ2n) is 4.50. The number of benzene rings is 2. The van der Waals surface area contributed by atoms with Gasteiger partial charge in [0.2, 0.25) is 0 Å². The van der Waals surface area contributed by atoms with Crippen LogP contribution in [0.3, 0.4) is 0 Å². The topological polar surface area (TPSA) is 9.23 Å². The summed E-state index contributed by atoms with van der Waals surface area (Å²) in [6.45, 7) is 4.45. The fourth-order valence-electron chi connectivity index (χ4n) is 2.03. The molecule has 0 radical (unpaired) electrons. The maximum absolute atomic E-state index is 13.1. The van der Waals surface area contributed by atoms with Gasteiger partial charge in [0.15, 0.2) is 0 Å². The lowest BCUT2D eigenvalue weighted by Crippen LogP contribution is -2.01. The van der Waals surface area contributed by atoms with Crippen molar-refractivity contribution in [3.8, 4) is 5.75 Å². The summed E-state index contributed by atoms with van der Waals surface area (Å²) in [5.74, 6) is 0.343. The Morgan fingerprint density at radius 1 is 1.15 bits per heavy atom. The molecule has 2 aromatic carbocycles. The van der Waals surface area contributed by atoms with Gasteiger partial charge in [0.1, 0.15) is 11.6 Å². The molecule has 1 unspecified atom stereocenters. The van der Waals surface area contributed by atoms with Crippen molar-refractivity contribution in [3.63, 3.8) is 0 Å². The molecule has 0 N–H and O–H groups in total. The fourth-order valence-corrected chi connectivity index (χ4v) is 2.72. The van der Waals surface area contributed by atoms with E-state index in [0.29, 0.717) is 17.2 Å². The summed E-state index contributed by atoms with van der Waals surface area (Å²) in [6.07, 6.45) is 0. The number of halogens is 3. The van der Waals surface area contributed by atoms with Crippen molar-refractivity contribution in [1.82, 2.24) is 0 Å². The van der Waals surface area contributed by atoms with Crippen molar-refractivity contribution in [2.75, 3.05) is 6.61 Å². The first-order valence-electron chi connectivity index (χ1n) is 6.35. The molecule has 4 heteroatoms. The minimum Gasteiger partial charge on any atom is -0.494 e. The van der Waals surface area contributed by atoms with Gasteiger partial charge >= 0.3 is 0 Å². The third-order valence-electron chi connectivity index (χ3n) is 2.97. The molecule has 0 aliphatic carbocycles. The van der Waals surface area contributed by atoms with Gasteiger partial charge in [0.25, 0.3) is 0 Å². The number of aryl methyl sites for hydroxylation is 1. The summed E-state index contributed by atoms with van der Waals surface area (Å²) in [5, 5.41) is -0.168. The van der Waals surface area contributed by atoms with Gasteiger partial charge in [-0.1, -0.05) is 35.4 Å². The van der Waals surface area contributed by atoms with E-state index >= 15 is 0 Å². The predicted molar refractivity (Wildman–Crippen MR) is 81.5 cm³/mol. The van der Waals surface area contributed by atoms with Crippen LogP contribution in [0.25, 0.3) is 0 Å². The zero-order valence-corrected chi connectivity index (χ0v) is 12.8. The molecule has 0 saturated carbocycles. The average molecular weight is 313 g/mol. The second kappa shape index (κ2) is 6.47. The van der Waals surface area contributed by atoms with E-state index < -0.39 is 5.38 Å². The van der Waals surface area contributed by atoms with E-state index in [-0.39, 0.29) is 5.82 Å². The van der Waals surface area contributed by atoms with Crippen LogP contribution in [0.4, 0.5) is 4.39 Å². The van der Waals surface area contributed by atoms with Crippen LogP contribution < -0.4 is 4.74 Å². The minimum absolute atomic E-state index is 0.314. The van der Waals surface area contributed by atoms with Gasteiger partial charge in [-0.05, 0) is 37.6 Å². The molecule has 0 fully saturated rings. The van der Waals surface area contributed by atoms with Gasteiger partial charge in [-0.2, -0.15) is 0 Å². The molecule has 0 bridgehead atoms. The van der Waals surface area contributed by atoms with Crippen molar-refractivity contribution in [3.05, 3.63) is 63.9 Å². The highest BCUT2D eigenvalue weighted by molar-refractivity contribution is 6.33. The van der Waals surface area contributed by atoms with Crippen LogP contribution in [-0.2, 0) is 0 Å². The molecule has 0 aromatic heterocycles. The molecular formula is C16H15Cl2FO. The lowest BCUT2D eigenvalue weighted by atomic mass is 10.0. The van der Waals surface area contributed by atoms with Crippen molar-refractivity contribution in [1.29, 1.82) is 0 Å². The Balaban J connectivity index is 2.46. The summed E-state index contributed by atoms with van der Waals surface area (Å²) in [7, 11) is 0. The van der Waals surface area contributed by atoms with Crippen LogP contribution in [0.5, 0.6) is 5.75 Å². The third-order valence-corrected chi connectivity index (χ3v) is 3.77. The van der Waals surface area contributed by atoms with E-state index in [9.17, 15) is 4.39 Å². The molecule has 20 heavy (non-hydrogen) atoms.